The smallest absolute Gasteiger partial charge is 0.273 e. The van der Waals surface area contributed by atoms with E-state index in [0.29, 0.717) is 34.1 Å². The van der Waals surface area contributed by atoms with Crippen molar-refractivity contribution in [1.29, 1.82) is 0 Å². The Morgan fingerprint density at radius 1 is 1.08 bits per heavy atom. The predicted octanol–water partition coefficient (Wildman–Crippen LogP) is 2.06. The second-order valence-corrected chi connectivity index (χ2v) is 4.75. The van der Waals surface area contributed by atoms with Crippen LogP contribution < -0.4 is 25.4 Å². The summed E-state index contributed by atoms with van der Waals surface area (Å²) in [6.07, 6.45) is 1.47. The molecule has 0 unspecified atom stereocenters. The van der Waals surface area contributed by atoms with Crippen molar-refractivity contribution in [2.45, 2.75) is 0 Å². The van der Waals surface area contributed by atoms with Gasteiger partial charge < -0.3 is 19.9 Å². The molecule has 0 bridgehead atoms. The van der Waals surface area contributed by atoms with Gasteiger partial charge in [0.1, 0.15) is 0 Å². The molecule has 0 heterocycles. The van der Waals surface area contributed by atoms with E-state index in [-0.39, 0.29) is 0 Å². The van der Waals surface area contributed by atoms with Gasteiger partial charge in [-0.3, -0.25) is 4.79 Å². The van der Waals surface area contributed by atoms with Gasteiger partial charge in [-0.25, -0.2) is 5.43 Å². The topological polar surface area (TPSA) is 95.2 Å². The van der Waals surface area contributed by atoms with Gasteiger partial charge in [-0.05, 0) is 24.3 Å². The number of rotatable bonds is 6. The average molecular weight is 329 g/mol. The summed E-state index contributed by atoms with van der Waals surface area (Å²) in [4.78, 5) is 12.0. The summed E-state index contributed by atoms with van der Waals surface area (Å²) in [5, 5.41) is 3.93. The molecule has 2 rings (SSSR count). The number of ether oxygens (including phenoxy) is 3. The zero-order chi connectivity index (χ0) is 17.5. The molecular weight excluding hydrogens is 310 g/mol. The highest BCUT2D eigenvalue weighted by Crippen LogP contribution is 2.37. The minimum atomic E-state index is -0.392. The first-order chi connectivity index (χ1) is 11.6. The van der Waals surface area contributed by atoms with Crippen molar-refractivity contribution in [3.8, 4) is 17.2 Å². The molecule has 0 aliphatic rings. The Morgan fingerprint density at radius 3 is 2.25 bits per heavy atom. The Hall–Kier alpha value is -3.22. The van der Waals surface area contributed by atoms with Crippen LogP contribution in [0.3, 0.4) is 0 Å². The Balaban J connectivity index is 2.17. The highest BCUT2D eigenvalue weighted by atomic mass is 16.5. The summed E-state index contributed by atoms with van der Waals surface area (Å²) in [6, 6.07) is 10.2. The lowest BCUT2D eigenvalue weighted by molar-refractivity contribution is 0.0956. The molecule has 0 aliphatic heterocycles. The number of hydrogen-bond acceptors (Lipinski definition) is 6. The molecular formula is C17H19N3O4. The molecule has 0 fully saturated rings. The molecule has 2 aromatic rings. The van der Waals surface area contributed by atoms with E-state index in [1.54, 1.807) is 36.4 Å². The van der Waals surface area contributed by atoms with E-state index in [0.717, 1.165) is 0 Å². The number of nitrogens with two attached hydrogens (primary N) is 1. The van der Waals surface area contributed by atoms with Crippen LogP contribution in [0.4, 0.5) is 5.69 Å². The fourth-order valence-corrected chi connectivity index (χ4v) is 2.11. The van der Waals surface area contributed by atoms with Gasteiger partial charge in [-0.15, -0.1) is 0 Å². The van der Waals surface area contributed by atoms with Crippen LogP contribution in [0.2, 0.25) is 0 Å². The summed E-state index contributed by atoms with van der Waals surface area (Å²) in [5.74, 6) is 1.09. The Bertz CT molecular complexity index is 734. The van der Waals surface area contributed by atoms with Crippen molar-refractivity contribution in [3.63, 3.8) is 0 Å². The van der Waals surface area contributed by atoms with Crippen LogP contribution in [-0.4, -0.2) is 33.5 Å². The zero-order valence-corrected chi connectivity index (χ0v) is 13.7. The number of anilines is 1. The van der Waals surface area contributed by atoms with Crippen LogP contribution in [-0.2, 0) is 0 Å². The van der Waals surface area contributed by atoms with Crippen LogP contribution in [0, 0.1) is 0 Å². The van der Waals surface area contributed by atoms with E-state index >= 15 is 0 Å². The predicted molar refractivity (Wildman–Crippen MR) is 92.0 cm³/mol. The number of methoxy groups -OCH3 is 3. The Labute approximate surface area is 140 Å². The molecule has 126 valence electrons. The van der Waals surface area contributed by atoms with Crippen LogP contribution in [0.15, 0.2) is 41.5 Å². The second-order valence-electron chi connectivity index (χ2n) is 4.75. The third-order valence-corrected chi connectivity index (χ3v) is 3.27. The van der Waals surface area contributed by atoms with Gasteiger partial charge in [0.2, 0.25) is 5.75 Å². The molecule has 2 aromatic carbocycles. The summed E-state index contributed by atoms with van der Waals surface area (Å²) in [7, 11) is 4.58. The maximum absolute atomic E-state index is 12.0. The monoisotopic (exact) mass is 329 g/mol. The highest BCUT2D eigenvalue weighted by Gasteiger charge is 2.12. The number of carbonyl (C=O) groups is 1. The number of nitrogens with one attached hydrogen (secondary N) is 1. The maximum Gasteiger partial charge on any atom is 0.273 e. The number of amides is 1. The van der Waals surface area contributed by atoms with E-state index in [2.05, 4.69) is 10.5 Å². The average Bonchev–Trinajstić information content (AvgIpc) is 2.60. The molecule has 7 heteroatoms. The highest BCUT2D eigenvalue weighted by molar-refractivity contribution is 5.99. The first-order valence-corrected chi connectivity index (χ1v) is 7.08. The lowest BCUT2D eigenvalue weighted by atomic mass is 10.2. The number of nitrogens with zero attached hydrogens (tertiary/aromatic N) is 1. The molecule has 0 saturated heterocycles. The van der Waals surface area contributed by atoms with Crippen molar-refractivity contribution >= 4 is 17.8 Å². The second kappa shape index (κ2) is 7.87. The van der Waals surface area contributed by atoms with Gasteiger partial charge >= 0.3 is 0 Å². The van der Waals surface area contributed by atoms with Gasteiger partial charge in [0.15, 0.2) is 11.5 Å². The Kier molecular flexibility index (Phi) is 5.62. The van der Waals surface area contributed by atoms with Crippen molar-refractivity contribution in [2.75, 3.05) is 27.1 Å². The minimum Gasteiger partial charge on any atom is -0.493 e. The van der Waals surface area contributed by atoms with Crippen LogP contribution in [0.5, 0.6) is 17.2 Å². The van der Waals surface area contributed by atoms with Crippen molar-refractivity contribution < 1.29 is 19.0 Å². The van der Waals surface area contributed by atoms with Gasteiger partial charge in [-0.2, -0.15) is 5.10 Å². The van der Waals surface area contributed by atoms with Crippen LogP contribution in [0.25, 0.3) is 0 Å². The molecule has 0 spiro atoms. The third-order valence-electron chi connectivity index (χ3n) is 3.27. The zero-order valence-electron chi connectivity index (χ0n) is 13.7. The number of hydrogen-bond donors (Lipinski definition) is 2. The van der Waals surface area contributed by atoms with E-state index in [1.807, 2.05) is 0 Å². The molecule has 0 aliphatic carbocycles. The number of hydrazone groups is 1. The molecule has 3 N–H and O–H groups in total. The summed E-state index contributed by atoms with van der Waals surface area (Å²) in [6.45, 7) is 0. The van der Waals surface area contributed by atoms with Crippen molar-refractivity contribution in [2.24, 2.45) is 5.10 Å². The first kappa shape index (κ1) is 17.1. The molecule has 24 heavy (non-hydrogen) atoms. The van der Waals surface area contributed by atoms with Crippen molar-refractivity contribution in [1.82, 2.24) is 5.43 Å². The first-order valence-electron chi connectivity index (χ1n) is 7.08. The molecule has 0 radical (unpaired) electrons. The number of para-hydroxylation sites is 1. The van der Waals surface area contributed by atoms with E-state index in [1.165, 1.54) is 27.5 Å². The number of carbonyl (C=O) groups excluding carboxylic acids is 1. The summed E-state index contributed by atoms with van der Waals surface area (Å²) >= 11 is 0. The standard InChI is InChI=1S/C17H19N3O4/c1-22-14-8-11(9-15(23-2)16(14)24-3)10-19-20-17(21)12-6-4-5-7-13(12)18/h4-10H,18H2,1-3H3,(H,20,21)/b19-10+. The van der Waals surface area contributed by atoms with Gasteiger partial charge in [0.05, 0.1) is 33.1 Å². The van der Waals surface area contributed by atoms with E-state index in [4.69, 9.17) is 19.9 Å². The van der Waals surface area contributed by atoms with Crippen molar-refractivity contribution in [3.05, 3.63) is 47.5 Å². The van der Waals surface area contributed by atoms with Crippen LogP contribution >= 0.6 is 0 Å². The van der Waals surface area contributed by atoms with E-state index in [9.17, 15) is 4.79 Å². The normalized spacial score (nSPS) is 10.5. The van der Waals surface area contributed by atoms with Gasteiger partial charge in [-0.1, -0.05) is 12.1 Å². The van der Waals surface area contributed by atoms with Crippen LogP contribution in [0.1, 0.15) is 15.9 Å². The maximum atomic E-state index is 12.0. The molecule has 0 aromatic heterocycles. The number of nitrogen functional groups attached to an aromatic ring is 1. The molecule has 7 nitrogen and oxygen atoms in total. The summed E-state index contributed by atoms with van der Waals surface area (Å²) in [5.41, 5.74) is 9.60. The Morgan fingerprint density at radius 2 is 1.71 bits per heavy atom. The van der Waals surface area contributed by atoms with E-state index < -0.39 is 5.91 Å². The molecule has 0 atom stereocenters. The lowest BCUT2D eigenvalue weighted by Gasteiger charge is -2.12. The number of benzene rings is 2. The SMILES string of the molecule is COc1cc(/C=N/NC(=O)c2ccccc2N)cc(OC)c1OC. The summed E-state index contributed by atoms with van der Waals surface area (Å²) < 4.78 is 15.8. The quantitative estimate of drug-likeness (QED) is 0.480. The van der Waals surface area contributed by atoms with Gasteiger partial charge in [0.25, 0.3) is 5.91 Å². The largest absolute Gasteiger partial charge is 0.493 e. The third kappa shape index (κ3) is 3.75. The molecule has 0 saturated carbocycles. The fraction of sp³-hybridized carbons (Fsp3) is 0.176. The minimum absolute atomic E-state index is 0.361. The fourth-order valence-electron chi connectivity index (χ4n) is 2.11. The molecule has 1 amide bonds. The lowest BCUT2D eigenvalue weighted by Crippen LogP contribution is -2.19. The van der Waals surface area contributed by atoms with Gasteiger partial charge in [0, 0.05) is 11.3 Å².